The van der Waals surface area contributed by atoms with E-state index in [1.165, 1.54) is 6.07 Å². The third kappa shape index (κ3) is 3.16. The summed E-state index contributed by atoms with van der Waals surface area (Å²) in [6.45, 7) is 3.40. The Morgan fingerprint density at radius 2 is 2.16 bits per heavy atom. The minimum atomic E-state index is -0.992. The molecule has 1 unspecified atom stereocenters. The molecule has 0 aliphatic carbocycles. The molecule has 106 valence electrons. The number of hydrogen-bond donors (Lipinski definition) is 1. The lowest BCUT2D eigenvalue weighted by molar-refractivity contribution is -0.168. The Bertz CT molecular complexity index is 427. The highest BCUT2D eigenvalue weighted by atomic mass is 79.9. The van der Waals surface area contributed by atoms with Crippen LogP contribution in [0.4, 0.5) is 4.39 Å². The second-order valence-corrected chi connectivity index (χ2v) is 5.59. The van der Waals surface area contributed by atoms with Gasteiger partial charge in [-0.15, -0.1) is 0 Å². The quantitative estimate of drug-likeness (QED) is 0.920. The molecule has 1 N–H and O–H groups in total. The van der Waals surface area contributed by atoms with Gasteiger partial charge in [-0.3, -0.25) is 0 Å². The lowest BCUT2D eigenvalue weighted by Gasteiger charge is -2.40. The molecule has 0 radical (unpaired) electrons. The van der Waals surface area contributed by atoms with E-state index in [0.717, 1.165) is 4.47 Å². The van der Waals surface area contributed by atoms with E-state index in [2.05, 4.69) is 15.9 Å². The molecule has 5 heteroatoms. The van der Waals surface area contributed by atoms with Crippen molar-refractivity contribution in [2.45, 2.75) is 31.5 Å². The fraction of sp³-hybridized carbons (Fsp3) is 0.571. The van der Waals surface area contributed by atoms with Crippen molar-refractivity contribution in [2.24, 2.45) is 0 Å². The van der Waals surface area contributed by atoms with Crippen molar-refractivity contribution in [3.05, 3.63) is 34.1 Å². The number of aliphatic hydroxyl groups excluding tert-OH is 1. The largest absolute Gasteiger partial charge is 0.385 e. The number of benzene rings is 1. The molecule has 3 nitrogen and oxygen atoms in total. The van der Waals surface area contributed by atoms with E-state index in [1.807, 2.05) is 6.92 Å². The molecule has 19 heavy (non-hydrogen) atoms. The van der Waals surface area contributed by atoms with E-state index >= 15 is 0 Å². The van der Waals surface area contributed by atoms with Crippen molar-refractivity contribution in [3.8, 4) is 0 Å². The number of ether oxygens (including phenoxy) is 2. The minimum Gasteiger partial charge on any atom is -0.385 e. The molecule has 1 saturated heterocycles. The van der Waals surface area contributed by atoms with E-state index in [9.17, 15) is 9.50 Å². The average Bonchev–Trinajstić information content (AvgIpc) is 2.42. The number of rotatable bonds is 4. The van der Waals surface area contributed by atoms with Gasteiger partial charge in [0.25, 0.3) is 0 Å². The fourth-order valence-corrected chi connectivity index (χ4v) is 2.89. The summed E-state index contributed by atoms with van der Waals surface area (Å²) in [7, 11) is 0. The second-order valence-electron chi connectivity index (χ2n) is 4.68. The summed E-state index contributed by atoms with van der Waals surface area (Å²) in [6.07, 6.45) is 0.135. The molecule has 0 aromatic heterocycles. The Labute approximate surface area is 120 Å². The van der Waals surface area contributed by atoms with E-state index in [4.69, 9.17) is 9.47 Å². The van der Waals surface area contributed by atoms with Gasteiger partial charge < -0.3 is 14.6 Å². The highest BCUT2D eigenvalue weighted by Crippen LogP contribution is 2.39. The smallest absolute Gasteiger partial charge is 0.129 e. The van der Waals surface area contributed by atoms with E-state index < -0.39 is 17.5 Å². The summed E-state index contributed by atoms with van der Waals surface area (Å²) in [5.41, 5.74) is -0.487. The first-order valence-electron chi connectivity index (χ1n) is 6.44. The molecule has 1 aromatic carbocycles. The zero-order valence-electron chi connectivity index (χ0n) is 10.9. The Kier molecular flexibility index (Phi) is 4.95. The van der Waals surface area contributed by atoms with Crippen LogP contribution in [0.3, 0.4) is 0 Å². The van der Waals surface area contributed by atoms with Crippen molar-refractivity contribution in [3.63, 3.8) is 0 Å². The van der Waals surface area contributed by atoms with Gasteiger partial charge in [-0.1, -0.05) is 15.9 Å². The first-order chi connectivity index (χ1) is 9.09. The third-order valence-electron chi connectivity index (χ3n) is 3.52. The molecule has 1 fully saturated rings. The lowest BCUT2D eigenvalue weighted by atomic mass is 9.84. The van der Waals surface area contributed by atoms with E-state index in [-0.39, 0.29) is 5.56 Å². The van der Waals surface area contributed by atoms with Crippen LogP contribution in [0, 0.1) is 5.82 Å². The van der Waals surface area contributed by atoms with Gasteiger partial charge in [0.15, 0.2) is 0 Å². The van der Waals surface area contributed by atoms with Crippen molar-refractivity contribution in [1.82, 2.24) is 0 Å². The molecular formula is C14H18BrFO3. The predicted octanol–water partition coefficient (Wildman–Crippen LogP) is 3.21. The van der Waals surface area contributed by atoms with Crippen LogP contribution in [-0.4, -0.2) is 30.5 Å². The summed E-state index contributed by atoms with van der Waals surface area (Å²) >= 11 is 3.30. The molecule has 1 aliphatic rings. The van der Waals surface area contributed by atoms with Crippen molar-refractivity contribution in [1.29, 1.82) is 0 Å². The van der Waals surface area contributed by atoms with Gasteiger partial charge >= 0.3 is 0 Å². The molecule has 2 rings (SSSR count). The maximum atomic E-state index is 13.9. The summed E-state index contributed by atoms with van der Waals surface area (Å²) in [5.74, 6) is -0.415. The van der Waals surface area contributed by atoms with Crippen LogP contribution in [0.25, 0.3) is 0 Å². The zero-order chi connectivity index (χ0) is 13.9. The summed E-state index contributed by atoms with van der Waals surface area (Å²) in [6, 6.07) is 4.57. The minimum absolute atomic E-state index is 0.268. The van der Waals surface area contributed by atoms with Gasteiger partial charge in [0.2, 0.25) is 0 Å². The van der Waals surface area contributed by atoms with Crippen LogP contribution >= 0.6 is 15.9 Å². The van der Waals surface area contributed by atoms with Gasteiger partial charge in [0, 0.05) is 42.7 Å². The van der Waals surface area contributed by atoms with Crippen molar-refractivity contribution < 1.29 is 19.0 Å². The highest BCUT2D eigenvalue weighted by Gasteiger charge is 2.42. The van der Waals surface area contributed by atoms with Crippen LogP contribution in [0.15, 0.2) is 22.7 Å². The van der Waals surface area contributed by atoms with Crippen LogP contribution in [0.5, 0.6) is 0 Å². The molecule has 0 spiro atoms. The average molecular weight is 333 g/mol. The van der Waals surface area contributed by atoms with Crippen LogP contribution in [0.1, 0.15) is 31.4 Å². The zero-order valence-corrected chi connectivity index (χ0v) is 12.5. The first-order valence-corrected chi connectivity index (χ1v) is 7.23. The maximum Gasteiger partial charge on any atom is 0.129 e. The summed E-state index contributed by atoms with van der Waals surface area (Å²) in [4.78, 5) is 0. The van der Waals surface area contributed by atoms with Crippen LogP contribution < -0.4 is 0 Å². The Balaban J connectivity index is 2.32. The molecule has 0 amide bonds. The van der Waals surface area contributed by atoms with Crippen molar-refractivity contribution >= 4 is 15.9 Å². The lowest BCUT2D eigenvalue weighted by Crippen LogP contribution is -2.45. The molecule has 1 heterocycles. The Morgan fingerprint density at radius 3 is 2.79 bits per heavy atom. The van der Waals surface area contributed by atoms with E-state index in [0.29, 0.717) is 32.7 Å². The van der Waals surface area contributed by atoms with Crippen molar-refractivity contribution in [2.75, 3.05) is 19.8 Å². The summed E-state index contributed by atoms with van der Waals surface area (Å²) < 4.78 is 25.7. The molecule has 0 saturated carbocycles. The Hall–Kier alpha value is -0.490. The maximum absolute atomic E-state index is 13.9. The molecule has 1 atom stereocenters. The third-order valence-corrected chi connectivity index (χ3v) is 4.02. The monoisotopic (exact) mass is 332 g/mol. The van der Waals surface area contributed by atoms with Gasteiger partial charge in [0.05, 0.1) is 0 Å². The molecule has 0 bridgehead atoms. The number of hydrogen-bond acceptors (Lipinski definition) is 3. The van der Waals surface area contributed by atoms with Gasteiger partial charge in [-0.05, 0) is 25.1 Å². The second kappa shape index (κ2) is 6.31. The van der Waals surface area contributed by atoms with Gasteiger partial charge in [-0.25, -0.2) is 4.39 Å². The van der Waals surface area contributed by atoms with Crippen LogP contribution in [0.2, 0.25) is 0 Å². The van der Waals surface area contributed by atoms with Gasteiger partial charge in [0.1, 0.15) is 17.5 Å². The van der Waals surface area contributed by atoms with E-state index in [1.54, 1.807) is 12.1 Å². The first kappa shape index (κ1) is 14.9. The number of halogens is 2. The van der Waals surface area contributed by atoms with Crippen LogP contribution in [-0.2, 0) is 9.47 Å². The normalized spacial score (nSPS) is 20.2. The highest BCUT2D eigenvalue weighted by molar-refractivity contribution is 9.10. The molecule has 1 aliphatic heterocycles. The number of aliphatic hydroxyl groups is 1. The topological polar surface area (TPSA) is 38.7 Å². The van der Waals surface area contributed by atoms with Gasteiger partial charge in [-0.2, -0.15) is 0 Å². The fourth-order valence-electron chi connectivity index (χ4n) is 2.51. The SMILES string of the molecule is CCOC1(C(O)c2cc(Br)ccc2F)CCOCC1. The molecule has 1 aromatic rings. The molecular weight excluding hydrogens is 315 g/mol. The Morgan fingerprint density at radius 1 is 1.47 bits per heavy atom. The summed E-state index contributed by atoms with van der Waals surface area (Å²) in [5, 5.41) is 10.6. The standard InChI is InChI=1S/C14H18BrFO3/c1-2-19-14(5-7-18-8-6-14)13(17)11-9-10(15)3-4-12(11)16/h3-4,9,13,17H,2,5-8H2,1H3. The predicted molar refractivity (Wildman–Crippen MR) is 73.5 cm³/mol.